The van der Waals surface area contributed by atoms with Crippen molar-refractivity contribution in [2.45, 2.75) is 20.3 Å². The van der Waals surface area contributed by atoms with E-state index in [2.05, 4.69) is 0 Å². The Balaban J connectivity index is 2.36. The summed E-state index contributed by atoms with van der Waals surface area (Å²) in [6, 6.07) is 29.9. The van der Waals surface area contributed by atoms with Gasteiger partial charge in [-0.25, -0.2) is 9.54 Å². The van der Waals surface area contributed by atoms with Crippen LogP contribution in [0.4, 0.5) is 0 Å². The van der Waals surface area contributed by atoms with E-state index in [-0.39, 0.29) is 25.3 Å². The third kappa shape index (κ3) is 5.88. The number of esters is 2. The van der Waals surface area contributed by atoms with E-state index in [0.29, 0.717) is 0 Å². The molecule has 0 spiro atoms. The van der Waals surface area contributed by atoms with E-state index >= 15 is 0 Å². The predicted octanol–water partition coefficient (Wildman–Crippen LogP) is 4.56. The summed E-state index contributed by atoms with van der Waals surface area (Å²) in [5.74, 6) is -0.980. The summed E-state index contributed by atoms with van der Waals surface area (Å²) >= 11 is 0. The van der Waals surface area contributed by atoms with Crippen molar-refractivity contribution in [3.63, 3.8) is 0 Å². The summed E-state index contributed by atoms with van der Waals surface area (Å²) in [6.07, 6.45) is 1.45. The lowest BCUT2D eigenvalue weighted by Gasteiger charge is -2.27. The van der Waals surface area contributed by atoms with Gasteiger partial charge < -0.3 is 9.47 Å². The van der Waals surface area contributed by atoms with Crippen LogP contribution >= 0.6 is 7.05 Å². The Morgan fingerprint density at radius 1 is 0.727 bits per heavy atom. The standard InChI is InChI=1S/C27H28NO4P/c1-3-31-26(29)21-20-25(27(30)32-4-2)28-33(22-14-8-5-9-15-22,23-16-10-6-11-17-23)24-18-12-7-13-19-24/h5-20H,3-4,21H2,1-2H3/b25-20+. The summed E-state index contributed by atoms with van der Waals surface area (Å²) in [5, 5.41) is 2.98. The third-order valence-electron chi connectivity index (χ3n) is 4.90. The molecule has 0 saturated carbocycles. The van der Waals surface area contributed by atoms with Crippen molar-refractivity contribution in [3.8, 4) is 0 Å². The first kappa shape index (κ1) is 24.2. The highest BCUT2D eigenvalue weighted by molar-refractivity contribution is 7.87. The van der Waals surface area contributed by atoms with Crippen molar-refractivity contribution in [1.82, 2.24) is 0 Å². The number of carbonyl (C=O) groups excluding carboxylic acids is 2. The van der Waals surface area contributed by atoms with Gasteiger partial charge in [0.05, 0.1) is 26.7 Å². The number of ether oxygens (including phenoxy) is 2. The molecule has 5 nitrogen and oxygen atoms in total. The lowest BCUT2D eigenvalue weighted by atomic mass is 10.3. The first-order chi connectivity index (χ1) is 16.1. The van der Waals surface area contributed by atoms with Crippen LogP contribution in [-0.2, 0) is 19.1 Å². The van der Waals surface area contributed by atoms with Crippen LogP contribution < -0.4 is 15.9 Å². The molecule has 0 bridgehead atoms. The minimum Gasteiger partial charge on any atom is -0.466 e. The van der Waals surface area contributed by atoms with Crippen LogP contribution in [0.5, 0.6) is 0 Å². The smallest absolute Gasteiger partial charge is 0.356 e. The summed E-state index contributed by atoms with van der Waals surface area (Å²) in [4.78, 5) is 25.0. The molecule has 0 aliphatic heterocycles. The van der Waals surface area contributed by atoms with E-state index in [0.717, 1.165) is 15.9 Å². The Kier molecular flexibility index (Phi) is 8.79. The van der Waals surface area contributed by atoms with Gasteiger partial charge in [-0.1, -0.05) is 91.0 Å². The zero-order valence-electron chi connectivity index (χ0n) is 18.9. The molecule has 0 aliphatic rings. The van der Waals surface area contributed by atoms with Crippen molar-refractivity contribution in [2.24, 2.45) is 4.74 Å². The van der Waals surface area contributed by atoms with Crippen LogP contribution in [0.25, 0.3) is 0 Å². The summed E-state index contributed by atoms with van der Waals surface area (Å²) < 4.78 is 15.5. The van der Waals surface area contributed by atoms with E-state index in [1.54, 1.807) is 13.8 Å². The van der Waals surface area contributed by atoms with Gasteiger partial charge in [-0.15, -0.1) is 0 Å². The highest BCUT2D eigenvalue weighted by Crippen LogP contribution is 2.47. The lowest BCUT2D eigenvalue weighted by molar-refractivity contribution is -0.142. The van der Waals surface area contributed by atoms with Crippen molar-refractivity contribution in [1.29, 1.82) is 0 Å². The minimum atomic E-state index is -2.66. The van der Waals surface area contributed by atoms with Crippen molar-refractivity contribution in [3.05, 3.63) is 103 Å². The Morgan fingerprint density at radius 3 is 1.55 bits per heavy atom. The van der Waals surface area contributed by atoms with Gasteiger partial charge >= 0.3 is 11.9 Å². The number of carbonyl (C=O) groups is 2. The molecule has 3 rings (SSSR count). The first-order valence-corrected chi connectivity index (χ1v) is 12.7. The van der Waals surface area contributed by atoms with Crippen molar-refractivity contribution < 1.29 is 19.1 Å². The van der Waals surface area contributed by atoms with E-state index in [1.807, 2.05) is 91.0 Å². The van der Waals surface area contributed by atoms with E-state index in [9.17, 15) is 9.59 Å². The maximum atomic E-state index is 13.0. The molecule has 33 heavy (non-hydrogen) atoms. The lowest BCUT2D eigenvalue weighted by Crippen LogP contribution is -2.26. The average molecular weight is 461 g/mol. The minimum absolute atomic E-state index is 0.0656. The van der Waals surface area contributed by atoms with Gasteiger partial charge in [-0.05, 0) is 19.9 Å². The quantitative estimate of drug-likeness (QED) is 0.266. The first-order valence-electron chi connectivity index (χ1n) is 10.9. The zero-order chi connectivity index (χ0) is 23.5. The fourth-order valence-corrected chi connectivity index (χ4v) is 7.02. The second-order valence-electron chi connectivity index (χ2n) is 7.06. The average Bonchev–Trinajstić information content (AvgIpc) is 2.86. The Bertz CT molecular complexity index is 1040. The van der Waals surface area contributed by atoms with Gasteiger partial charge in [-0.3, -0.25) is 4.79 Å². The molecule has 0 unspecified atom stereocenters. The second kappa shape index (κ2) is 12.0. The van der Waals surface area contributed by atoms with Crippen LogP contribution in [0.1, 0.15) is 20.3 Å². The van der Waals surface area contributed by atoms with Gasteiger partial charge in [0.2, 0.25) is 0 Å². The molecule has 0 atom stereocenters. The molecular weight excluding hydrogens is 433 g/mol. The maximum absolute atomic E-state index is 13.0. The Morgan fingerprint density at radius 2 is 1.15 bits per heavy atom. The topological polar surface area (TPSA) is 65.0 Å². The van der Waals surface area contributed by atoms with Crippen LogP contribution in [0.2, 0.25) is 0 Å². The third-order valence-corrected chi connectivity index (χ3v) is 8.55. The normalized spacial score (nSPS) is 11.5. The van der Waals surface area contributed by atoms with Gasteiger partial charge in [-0.2, -0.15) is 0 Å². The Labute approximate surface area is 195 Å². The van der Waals surface area contributed by atoms with E-state index in [4.69, 9.17) is 14.2 Å². The fraction of sp³-hybridized carbons (Fsp3) is 0.185. The summed E-state index contributed by atoms with van der Waals surface area (Å²) in [5.41, 5.74) is 0.120. The SMILES string of the molecule is CCOC(=O)C/C=C(/N=P(c1ccccc1)(c1ccccc1)c1ccccc1)C(=O)OCC. The summed E-state index contributed by atoms with van der Waals surface area (Å²) in [7, 11) is -2.66. The molecular formula is C27H28NO4P. The molecule has 6 heteroatoms. The second-order valence-corrected chi connectivity index (χ2v) is 10.1. The fourth-order valence-electron chi connectivity index (χ4n) is 3.48. The molecule has 0 amide bonds. The molecule has 3 aromatic rings. The predicted molar refractivity (Wildman–Crippen MR) is 134 cm³/mol. The number of hydrogen-bond donors (Lipinski definition) is 0. The number of hydrogen-bond acceptors (Lipinski definition) is 5. The molecule has 0 radical (unpaired) electrons. The van der Waals surface area contributed by atoms with Crippen molar-refractivity contribution >= 4 is 34.9 Å². The highest BCUT2D eigenvalue weighted by atomic mass is 31.2. The molecule has 3 aromatic carbocycles. The molecule has 0 N–H and O–H groups in total. The molecule has 0 aromatic heterocycles. The largest absolute Gasteiger partial charge is 0.466 e. The Hall–Kier alpha value is -3.43. The molecule has 0 saturated heterocycles. The number of nitrogens with zero attached hydrogens (tertiary/aromatic N) is 1. The maximum Gasteiger partial charge on any atom is 0.356 e. The zero-order valence-corrected chi connectivity index (χ0v) is 19.8. The van der Waals surface area contributed by atoms with Gasteiger partial charge in [0.1, 0.15) is 5.70 Å². The van der Waals surface area contributed by atoms with Gasteiger partial charge in [0.25, 0.3) is 0 Å². The number of benzene rings is 3. The molecule has 0 aliphatic carbocycles. The van der Waals surface area contributed by atoms with Crippen LogP contribution in [0, 0.1) is 0 Å². The van der Waals surface area contributed by atoms with Crippen LogP contribution in [0.15, 0.2) is 108 Å². The van der Waals surface area contributed by atoms with Crippen molar-refractivity contribution in [2.75, 3.05) is 13.2 Å². The van der Waals surface area contributed by atoms with Crippen LogP contribution in [0.3, 0.4) is 0 Å². The molecule has 0 heterocycles. The number of rotatable bonds is 9. The highest BCUT2D eigenvalue weighted by Gasteiger charge is 2.29. The van der Waals surface area contributed by atoms with Crippen LogP contribution in [-0.4, -0.2) is 25.2 Å². The molecule has 170 valence electrons. The monoisotopic (exact) mass is 461 g/mol. The summed E-state index contributed by atoms with van der Waals surface area (Å²) in [6.45, 7) is 3.97. The van der Waals surface area contributed by atoms with Gasteiger partial charge in [0.15, 0.2) is 0 Å². The van der Waals surface area contributed by atoms with E-state index in [1.165, 1.54) is 6.08 Å². The van der Waals surface area contributed by atoms with Gasteiger partial charge in [0, 0.05) is 15.9 Å². The van der Waals surface area contributed by atoms with E-state index < -0.39 is 19.0 Å². The molecule has 0 fully saturated rings.